The molecule has 0 unspecified atom stereocenters. The van der Waals surface area contributed by atoms with E-state index in [9.17, 15) is 0 Å². The zero-order chi connectivity index (χ0) is 17.4. The van der Waals surface area contributed by atoms with Crippen LogP contribution in [-0.2, 0) is 12.1 Å². The van der Waals surface area contributed by atoms with Crippen molar-refractivity contribution in [1.29, 1.82) is 0 Å². The molecule has 1 aromatic heterocycles. The SMILES string of the molecule is C1=C2CNC3(CCN(Cc4ccccc4)CC3)c3cccn3C2=CCC1. The summed E-state index contributed by atoms with van der Waals surface area (Å²) in [6.07, 6.45) is 11.8. The van der Waals surface area contributed by atoms with E-state index >= 15 is 0 Å². The second kappa shape index (κ2) is 6.57. The van der Waals surface area contributed by atoms with Crippen molar-refractivity contribution in [2.75, 3.05) is 19.6 Å². The van der Waals surface area contributed by atoms with Gasteiger partial charge in [-0.3, -0.25) is 4.90 Å². The zero-order valence-corrected chi connectivity index (χ0v) is 15.3. The van der Waals surface area contributed by atoms with Gasteiger partial charge in [-0.05, 0) is 49.0 Å². The molecule has 0 radical (unpaired) electrons. The number of rotatable bonds is 2. The first-order valence-electron chi connectivity index (χ1n) is 9.93. The Balaban J connectivity index is 1.39. The predicted octanol–water partition coefficient (Wildman–Crippen LogP) is 4.14. The van der Waals surface area contributed by atoms with Gasteiger partial charge in [-0.15, -0.1) is 0 Å². The molecule has 1 spiro atoms. The summed E-state index contributed by atoms with van der Waals surface area (Å²) in [5, 5.41) is 3.97. The third kappa shape index (κ3) is 2.76. The first kappa shape index (κ1) is 16.1. The highest BCUT2D eigenvalue weighted by molar-refractivity contribution is 5.68. The molecule has 0 atom stereocenters. The molecule has 26 heavy (non-hydrogen) atoms. The van der Waals surface area contributed by atoms with Gasteiger partial charge in [-0.2, -0.15) is 0 Å². The molecular weight excluding hydrogens is 318 g/mol. The molecule has 1 saturated heterocycles. The highest BCUT2D eigenvalue weighted by Crippen LogP contribution is 2.39. The van der Waals surface area contributed by atoms with Gasteiger partial charge in [-0.25, -0.2) is 0 Å². The van der Waals surface area contributed by atoms with Crippen molar-refractivity contribution in [1.82, 2.24) is 14.8 Å². The van der Waals surface area contributed by atoms with Crippen molar-refractivity contribution in [3.63, 3.8) is 0 Å². The molecule has 3 heteroatoms. The number of piperidine rings is 1. The first-order chi connectivity index (χ1) is 12.8. The van der Waals surface area contributed by atoms with Crippen LogP contribution in [0.1, 0.15) is 36.9 Å². The smallest absolute Gasteiger partial charge is 0.0619 e. The fraction of sp³-hybridized carbons (Fsp3) is 0.391. The van der Waals surface area contributed by atoms with Crippen LogP contribution in [0.2, 0.25) is 0 Å². The Kier molecular flexibility index (Phi) is 4.07. The van der Waals surface area contributed by atoms with Crippen molar-refractivity contribution >= 4 is 5.70 Å². The van der Waals surface area contributed by atoms with Gasteiger partial charge in [0.05, 0.1) is 5.54 Å². The first-order valence-corrected chi connectivity index (χ1v) is 9.93. The number of fused-ring (bicyclic) bond motifs is 4. The quantitative estimate of drug-likeness (QED) is 0.882. The molecule has 1 aliphatic carbocycles. The molecule has 2 aromatic rings. The second-order valence-electron chi connectivity index (χ2n) is 7.86. The van der Waals surface area contributed by atoms with E-state index in [2.05, 4.69) is 75.6 Å². The summed E-state index contributed by atoms with van der Waals surface area (Å²) in [5.74, 6) is 0. The third-order valence-electron chi connectivity index (χ3n) is 6.30. The van der Waals surface area contributed by atoms with Crippen molar-refractivity contribution < 1.29 is 0 Å². The van der Waals surface area contributed by atoms with E-state index in [-0.39, 0.29) is 5.54 Å². The molecule has 2 aliphatic heterocycles. The van der Waals surface area contributed by atoms with Gasteiger partial charge < -0.3 is 9.88 Å². The number of hydrogen-bond donors (Lipinski definition) is 1. The molecule has 3 nitrogen and oxygen atoms in total. The molecule has 134 valence electrons. The lowest BCUT2D eigenvalue weighted by molar-refractivity contribution is 0.128. The second-order valence-corrected chi connectivity index (χ2v) is 7.86. The molecule has 1 aromatic carbocycles. The van der Waals surface area contributed by atoms with Gasteiger partial charge >= 0.3 is 0 Å². The van der Waals surface area contributed by atoms with Crippen LogP contribution in [0.25, 0.3) is 5.70 Å². The van der Waals surface area contributed by atoms with Crippen LogP contribution in [0.3, 0.4) is 0 Å². The number of aromatic nitrogens is 1. The number of nitrogens with zero attached hydrogens (tertiary/aromatic N) is 2. The van der Waals surface area contributed by atoms with E-state index in [1.54, 1.807) is 0 Å². The van der Waals surface area contributed by atoms with Gasteiger partial charge in [0.1, 0.15) is 0 Å². The van der Waals surface area contributed by atoms with Crippen molar-refractivity contribution in [3.8, 4) is 0 Å². The Morgan fingerprint density at radius 1 is 0.923 bits per heavy atom. The van der Waals surface area contributed by atoms with Crippen LogP contribution in [0.5, 0.6) is 0 Å². The number of nitrogens with one attached hydrogen (secondary N) is 1. The summed E-state index contributed by atoms with van der Waals surface area (Å²) < 4.78 is 2.46. The zero-order valence-electron chi connectivity index (χ0n) is 15.3. The molecular formula is C23H27N3. The molecule has 3 heterocycles. The summed E-state index contributed by atoms with van der Waals surface area (Å²) in [6, 6.07) is 15.4. The van der Waals surface area contributed by atoms with E-state index in [1.807, 2.05) is 0 Å². The van der Waals surface area contributed by atoms with Crippen molar-refractivity contribution in [3.05, 3.63) is 77.6 Å². The molecule has 3 aliphatic rings. The summed E-state index contributed by atoms with van der Waals surface area (Å²) in [4.78, 5) is 2.60. The summed E-state index contributed by atoms with van der Waals surface area (Å²) in [6.45, 7) is 4.34. The van der Waals surface area contributed by atoms with Crippen LogP contribution in [0, 0.1) is 0 Å². The number of hydrogen-bond acceptors (Lipinski definition) is 2. The van der Waals surface area contributed by atoms with Gasteiger partial charge in [0.25, 0.3) is 0 Å². The average molecular weight is 345 g/mol. The summed E-state index contributed by atoms with van der Waals surface area (Å²) in [5.41, 5.74) is 5.86. The van der Waals surface area contributed by atoms with Crippen LogP contribution < -0.4 is 5.32 Å². The lowest BCUT2D eigenvalue weighted by Crippen LogP contribution is -2.51. The highest BCUT2D eigenvalue weighted by atomic mass is 15.2. The Morgan fingerprint density at radius 2 is 1.73 bits per heavy atom. The van der Waals surface area contributed by atoms with Gasteiger partial charge in [-0.1, -0.05) is 42.5 Å². The fourth-order valence-corrected chi connectivity index (χ4v) is 4.83. The Hall–Kier alpha value is -2.10. The topological polar surface area (TPSA) is 20.2 Å². The number of allylic oxidation sites excluding steroid dienone is 2. The fourth-order valence-electron chi connectivity index (χ4n) is 4.83. The van der Waals surface area contributed by atoms with Crippen LogP contribution in [-0.4, -0.2) is 29.1 Å². The molecule has 0 bridgehead atoms. The molecule has 1 N–H and O–H groups in total. The number of benzene rings is 1. The van der Waals surface area contributed by atoms with Crippen LogP contribution in [0.4, 0.5) is 0 Å². The van der Waals surface area contributed by atoms with Crippen molar-refractivity contribution in [2.24, 2.45) is 0 Å². The third-order valence-corrected chi connectivity index (χ3v) is 6.30. The Morgan fingerprint density at radius 3 is 2.58 bits per heavy atom. The van der Waals surface area contributed by atoms with E-state index in [1.165, 1.54) is 41.8 Å². The maximum absolute atomic E-state index is 3.97. The van der Waals surface area contributed by atoms with Crippen LogP contribution >= 0.6 is 0 Å². The van der Waals surface area contributed by atoms with Crippen LogP contribution in [0.15, 0.2) is 66.4 Å². The van der Waals surface area contributed by atoms with E-state index in [0.717, 1.165) is 32.6 Å². The van der Waals surface area contributed by atoms with Crippen molar-refractivity contribution in [2.45, 2.75) is 37.8 Å². The predicted molar refractivity (Wildman–Crippen MR) is 107 cm³/mol. The minimum absolute atomic E-state index is 0.107. The maximum atomic E-state index is 3.97. The normalized spacial score (nSPS) is 22.2. The van der Waals surface area contributed by atoms with Gasteiger partial charge in [0.2, 0.25) is 0 Å². The maximum Gasteiger partial charge on any atom is 0.0619 e. The molecule has 5 rings (SSSR count). The molecule has 0 amide bonds. The lowest BCUT2D eigenvalue weighted by atomic mass is 9.84. The summed E-state index contributed by atoms with van der Waals surface area (Å²) in [7, 11) is 0. The number of likely N-dealkylation sites (tertiary alicyclic amines) is 1. The minimum Gasteiger partial charge on any atom is -0.319 e. The standard InChI is InChI=1S/C23H27N3/c1-2-7-19(8-3-1)18-25-15-12-23(13-16-25)22-11-6-14-26(22)21-10-5-4-9-20(21)17-24-23/h1-3,6-11,14,24H,4-5,12-13,15-18H2. The average Bonchev–Trinajstić information content (AvgIpc) is 3.15. The molecule has 1 fully saturated rings. The molecule has 0 saturated carbocycles. The summed E-state index contributed by atoms with van der Waals surface area (Å²) >= 11 is 0. The van der Waals surface area contributed by atoms with E-state index in [0.29, 0.717) is 0 Å². The van der Waals surface area contributed by atoms with Gasteiger partial charge in [0.15, 0.2) is 0 Å². The Labute approximate surface area is 156 Å². The van der Waals surface area contributed by atoms with E-state index < -0.39 is 0 Å². The van der Waals surface area contributed by atoms with Gasteiger partial charge in [0, 0.05) is 43.8 Å². The largest absolute Gasteiger partial charge is 0.319 e. The highest BCUT2D eigenvalue weighted by Gasteiger charge is 2.40. The monoisotopic (exact) mass is 345 g/mol. The lowest BCUT2D eigenvalue weighted by Gasteiger charge is -2.42. The minimum atomic E-state index is 0.107. The van der Waals surface area contributed by atoms with E-state index in [4.69, 9.17) is 0 Å². The Bertz CT molecular complexity index is 835.